The molecule has 3 heteroatoms. The van der Waals surface area contributed by atoms with Gasteiger partial charge in [0.1, 0.15) is 5.75 Å². The second kappa shape index (κ2) is 4.34. The number of nitrogens with two attached hydrogens (primary N) is 1. The van der Waals surface area contributed by atoms with E-state index < -0.39 is 5.91 Å². The third-order valence-electron chi connectivity index (χ3n) is 2.63. The van der Waals surface area contributed by atoms with Crippen molar-refractivity contribution < 1.29 is 9.53 Å². The molecule has 0 saturated heterocycles. The van der Waals surface area contributed by atoms with Crippen molar-refractivity contribution in [2.45, 2.75) is 19.3 Å². The summed E-state index contributed by atoms with van der Waals surface area (Å²) in [7, 11) is 0. The lowest BCUT2D eigenvalue weighted by Crippen LogP contribution is -2.10. The van der Waals surface area contributed by atoms with Crippen LogP contribution in [0, 0.1) is 5.92 Å². The smallest absolute Gasteiger partial charge is 0.248 e. The van der Waals surface area contributed by atoms with E-state index in [1.165, 1.54) is 12.8 Å². The van der Waals surface area contributed by atoms with Crippen LogP contribution < -0.4 is 10.5 Å². The van der Waals surface area contributed by atoms with Crippen molar-refractivity contribution in [2.75, 3.05) is 6.61 Å². The molecule has 0 bridgehead atoms. The number of amides is 1. The third-order valence-corrected chi connectivity index (χ3v) is 2.63. The van der Waals surface area contributed by atoms with Crippen LogP contribution in [0.1, 0.15) is 29.6 Å². The van der Waals surface area contributed by atoms with Gasteiger partial charge in [0.05, 0.1) is 6.61 Å². The largest absolute Gasteiger partial charge is 0.494 e. The molecule has 0 atom stereocenters. The number of hydrogen-bond donors (Lipinski definition) is 1. The van der Waals surface area contributed by atoms with E-state index in [-0.39, 0.29) is 0 Å². The van der Waals surface area contributed by atoms with Gasteiger partial charge in [-0.1, -0.05) is 12.8 Å². The number of primary amides is 1. The molecule has 15 heavy (non-hydrogen) atoms. The molecule has 1 aliphatic rings. The quantitative estimate of drug-likeness (QED) is 0.798. The van der Waals surface area contributed by atoms with E-state index in [1.807, 2.05) is 0 Å². The Morgan fingerprint density at radius 1 is 1.33 bits per heavy atom. The van der Waals surface area contributed by atoms with Crippen molar-refractivity contribution in [1.29, 1.82) is 0 Å². The summed E-state index contributed by atoms with van der Waals surface area (Å²) in [6.45, 7) is 0.764. The number of hydrogen-bond acceptors (Lipinski definition) is 2. The summed E-state index contributed by atoms with van der Waals surface area (Å²) in [6.07, 6.45) is 3.84. The molecule has 3 nitrogen and oxygen atoms in total. The fourth-order valence-corrected chi connectivity index (χ4v) is 1.47. The summed E-state index contributed by atoms with van der Waals surface area (Å²) in [4.78, 5) is 10.8. The highest BCUT2D eigenvalue weighted by Gasteiger charge is 2.20. The predicted molar refractivity (Wildman–Crippen MR) is 57.8 cm³/mol. The van der Waals surface area contributed by atoms with E-state index >= 15 is 0 Å². The molecule has 1 aliphatic carbocycles. The summed E-state index contributed by atoms with van der Waals surface area (Å²) in [5, 5.41) is 0. The van der Waals surface area contributed by atoms with Gasteiger partial charge in [-0.3, -0.25) is 4.79 Å². The van der Waals surface area contributed by atoms with Gasteiger partial charge in [-0.05, 0) is 36.6 Å². The lowest BCUT2D eigenvalue weighted by molar-refractivity contribution is 0.100. The van der Waals surface area contributed by atoms with E-state index in [2.05, 4.69) is 0 Å². The lowest BCUT2D eigenvalue weighted by atomic mass is 10.2. The van der Waals surface area contributed by atoms with Crippen LogP contribution in [0.2, 0.25) is 0 Å². The minimum absolute atomic E-state index is 0.403. The summed E-state index contributed by atoms with van der Waals surface area (Å²) in [6, 6.07) is 6.95. The maximum Gasteiger partial charge on any atom is 0.248 e. The van der Waals surface area contributed by atoms with Gasteiger partial charge in [-0.25, -0.2) is 0 Å². The Balaban J connectivity index is 1.83. The third kappa shape index (κ3) is 2.98. The first-order valence-electron chi connectivity index (χ1n) is 5.28. The molecular formula is C12H15NO2. The molecule has 1 aromatic rings. The molecular weight excluding hydrogens is 190 g/mol. The Labute approximate surface area is 89.2 Å². The first-order valence-corrected chi connectivity index (χ1v) is 5.28. The maximum absolute atomic E-state index is 10.8. The minimum Gasteiger partial charge on any atom is -0.494 e. The van der Waals surface area contributed by atoms with Gasteiger partial charge >= 0.3 is 0 Å². The molecule has 0 heterocycles. The van der Waals surface area contributed by atoms with Gasteiger partial charge in [0.25, 0.3) is 0 Å². The van der Waals surface area contributed by atoms with Crippen LogP contribution in [0.4, 0.5) is 0 Å². The SMILES string of the molecule is NC(=O)c1ccc(OCCC2CC2)cc1. The van der Waals surface area contributed by atoms with Gasteiger partial charge in [0, 0.05) is 5.56 Å². The molecule has 1 saturated carbocycles. The summed E-state index contributed by atoms with van der Waals surface area (Å²) in [5.41, 5.74) is 5.65. The van der Waals surface area contributed by atoms with Gasteiger partial charge in [0.2, 0.25) is 5.91 Å². The van der Waals surface area contributed by atoms with Gasteiger partial charge in [-0.2, -0.15) is 0 Å². The number of ether oxygens (including phenoxy) is 1. The van der Waals surface area contributed by atoms with E-state index in [4.69, 9.17) is 10.5 Å². The Morgan fingerprint density at radius 2 is 2.00 bits per heavy atom. The van der Waals surface area contributed by atoms with Crippen LogP contribution in [0.3, 0.4) is 0 Å². The highest BCUT2D eigenvalue weighted by atomic mass is 16.5. The molecule has 0 unspecified atom stereocenters. The molecule has 0 spiro atoms. The highest BCUT2D eigenvalue weighted by molar-refractivity contribution is 5.92. The summed E-state index contributed by atoms with van der Waals surface area (Å²) in [5.74, 6) is 1.29. The molecule has 80 valence electrons. The van der Waals surface area contributed by atoms with Crippen LogP contribution in [0.15, 0.2) is 24.3 Å². The zero-order valence-corrected chi connectivity index (χ0v) is 8.61. The molecule has 0 radical (unpaired) electrons. The second-order valence-electron chi connectivity index (χ2n) is 3.97. The van der Waals surface area contributed by atoms with Crippen molar-refractivity contribution in [3.8, 4) is 5.75 Å². The zero-order chi connectivity index (χ0) is 10.7. The fourth-order valence-electron chi connectivity index (χ4n) is 1.47. The molecule has 0 aliphatic heterocycles. The summed E-state index contributed by atoms with van der Waals surface area (Å²) < 4.78 is 5.54. The van der Waals surface area contributed by atoms with Crippen molar-refractivity contribution in [3.63, 3.8) is 0 Å². The van der Waals surface area contributed by atoms with Gasteiger partial charge in [0.15, 0.2) is 0 Å². The maximum atomic E-state index is 10.8. The average Bonchev–Trinajstić information content (AvgIpc) is 3.02. The average molecular weight is 205 g/mol. The lowest BCUT2D eigenvalue weighted by Gasteiger charge is -2.05. The van der Waals surface area contributed by atoms with Crippen LogP contribution in [-0.2, 0) is 0 Å². The van der Waals surface area contributed by atoms with Crippen molar-refractivity contribution in [3.05, 3.63) is 29.8 Å². The summed E-state index contributed by atoms with van der Waals surface area (Å²) >= 11 is 0. The normalized spacial score (nSPS) is 14.9. The Morgan fingerprint density at radius 3 is 2.53 bits per heavy atom. The standard InChI is InChI=1S/C12H15NO2/c13-12(14)10-3-5-11(6-4-10)15-8-7-9-1-2-9/h3-6,9H,1-2,7-8H2,(H2,13,14). The van der Waals surface area contributed by atoms with Crippen LogP contribution >= 0.6 is 0 Å². The molecule has 1 fully saturated rings. The van der Waals surface area contributed by atoms with E-state index in [1.54, 1.807) is 24.3 Å². The fraction of sp³-hybridized carbons (Fsp3) is 0.417. The molecule has 0 aromatic heterocycles. The molecule has 1 aromatic carbocycles. The van der Waals surface area contributed by atoms with Crippen molar-refractivity contribution in [1.82, 2.24) is 0 Å². The van der Waals surface area contributed by atoms with Crippen molar-refractivity contribution in [2.24, 2.45) is 11.7 Å². The molecule has 1 amide bonds. The minimum atomic E-state index is -0.403. The molecule has 2 N–H and O–H groups in total. The highest BCUT2D eigenvalue weighted by Crippen LogP contribution is 2.32. The topological polar surface area (TPSA) is 52.3 Å². The Hall–Kier alpha value is -1.51. The van der Waals surface area contributed by atoms with E-state index in [0.29, 0.717) is 5.56 Å². The first-order chi connectivity index (χ1) is 7.25. The van der Waals surface area contributed by atoms with Crippen molar-refractivity contribution >= 4 is 5.91 Å². The number of carbonyl (C=O) groups is 1. The number of carbonyl (C=O) groups excluding carboxylic acids is 1. The van der Waals surface area contributed by atoms with Gasteiger partial charge < -0.3 is 10.5 Å². The zero-order valence-electron chi connectivity index (χ0n) is 8.61. The van der Waals surface area contributed by atoms with Gasteiger partial charge in [-0.15, -0.1) is 0 Å². The van der Waals surface area contributed by atoms with E-state index in [0.717, 1.165) is 24.7 Å². The Kier molecular flexibility index (Phi) is 2.90. The number of rotatable bonds is 5. The predicted octanol–water partition coefficient (Wildman–Crippen LogP) is 1.96. The molecule has 2 rings (SSSR count). The van der Waals surface area contributed by atoms with Crippen LogP contribution in [0.25, 0.3) is 0 Å². The monoisotopic (exact) mass is 205 g/mol. The first kappa shape index (κ1) is 10.0. The number of benzene rings is 1. The second-order valence-corrected chi connectivity index (χ2v) is 3.97. The van der Waals surface area contributed by atoms with E-state index in [9.17, 15) is 4.79 Å². The van der Waals surface area contributed by atoms with Crippen LogP contribution in [-0.4, -0.2) is 12.5 Å². The van der Waals surface area contributed by atoms with Crippen LogP contribution in [0.5, 0.6) is 5.75 Å². The Bertz CT molecular complexity index is 341.